The summed E-state index contributed by atoms with van der Waals surface area (Å²) in [4.78, 5) is 10.8. The molecular formula is C16H19ClO5. The number of hydrogen-bond acceptors (Lipinski definition) is 4. The maximum atomic E-state index is 10.8. The predicted octanol–water partition coefficient (Wildman–Crippen LogP) is 4.74. The normalized spacial score (nSPS) is 25.7. The molecule has 1 saturated carbocycles. The lowest BCUT2D eigenvalue weighted by atomic mass is 9.88. The molecule has 0 bridgehead atoms. The van der Waals surface area contributed by atoms with Gasteiger partial charge in [0.2, 0.25) is 0 Å². The summed E-state index contributed by atoms with van der Waals surface area (Å²) >= 11 is 6.10. The molecule has 5 nitrogen and oxygen atoms in total. The van der Waals surface area contributed by atoms with E-state index in [4.69, 9.17) is 26.2 Å². The minimum Gasteiger partial charge on any atom is -0.450 e. The minimum absolute atomic E-state index is 0.245. The Balaban J connectivity index is 1.88. The van der Waals surface area contributed by atoms with Crippen LogP contribution in [0.3, 0.4) is 0 Å². The fourth-order valence-electron chi connectivity index (χ4n) is 3.29. The van der Waals surface area contributed by atoms with Crippen molar-refractivity contribution in [2.24, 2.45) is 5.92 Å². The van der Waals surface area contributed by atoms with E-state index in [1.54, 1.807) is 12.1 Å². The average molecular weight is 327 g/mol. The highest BCUT2D eigenvalue weighted by Gasteiger charge is 2.36. The van der Waals surface area contributed by atoms with Crippen LogP contribution in [0.15, 0.2) is 18.2 Å². The van der Waals surface area contributed by atoms with Crippen molar-refractivity contribution < 1.29 is 24.1 Å². The maximum Gasteiger partial charge on any atom is 0.510 e. The van der Waals surface area contributed by atoms with E-state index in [1.165, 1.54) is 12.8 Å². The predicted molar refractivity (Wildman–Crippen MR) is 80.0 cm³/mol. The number of carboxylic acid groups (broad SMARTS) is 1. The number of halogens is 1. The second-order valence-electron chi connectivity index (χ2n) is 5.78. The van der Waals surface area contributed by atoms with E-state index in [0.717, 1.165) is 31.2 Å². The first-order valence-electron chi connectivity index (χ1n) is 7.64. The Morgan fingerprint density at radius 1 is 1.23 bits per heavy atom. The smallest absolute Gasteiger partial charge is 0.450 e. The maximum absolute atomic E-state index is 10.8. The zero-order valence-electron chi connectivity index (χ0n) is 12.2. The number of carbonyl (C=O) groups is 1. The minimum atomic E-state index is -1.41. The van der Waals surface area contributed by atoms with E-state index in [0.29, 0.717) is 16.7 Å². The number of benzene rings is 1. The van der Waals surface area contributed by atoms with Crippen LogP contribution in [-0.4, -0.2) is 17.7 Å². The molecule has 22 heavy (non-hydrogen) atoms. The third kappa shape index (κ3) is 3.47. The Morgan fingerprint density at radius 3 is 2.64 bits per heavy atom. The Bertz CT molecular complexity index is 539. The first kappa shape index (κ1) is 15.4. The second-order valence-corrected chi connectivity index (χ2v) is 6.22. The molecule has 1 aliphatic carbocycles. The molecule has 2 unspecified atom stereocenters. The van der Waals surface area contributed by atoms with Crippen LogP contribution >= 0.6 is 11.6 Å². The molecule has 2 aliphatic rings. The molecule has 2 atom stereocenters. The topological polar surface area (TPSA) is 65.0 Å². The summed E-state index contributed by atoms with van der Waals surface area (Å²) in [6, 6.07) is 5.29. The SMILES string of the molecule is O=C(O)OC1Oc2ccc(Cl)cc2C(C2CCCCCC2)O1. The molecule has 0 aromatic heterocycles. The lowest BCUT2D eigenvalue weighted by Gasteiger charge is -2.35. The Kier molecular flexibility index (Phi) is 4.74. The van der Waals surface area contributed by atoms with Crippen molar-refractivity contribution in [2.45, 2.75) is 51.1 Å². The van der Waals surface area contributed by atoms with E-state index >= 15 is 0 Å². The van der Waals surface area contributed by atoms with Gasteiger partial charge in [-0.1, -0.05) is 37.3 Å². The van der Waals surface area contributed by atoms with Crippen molar-refractivity contribution in [1.29, 1.82) is 0 Å². The van der Waals surface area contributed by atoms with E-state index in [1.807, 2.05) is 6.07 Å². The highest BCUT2D eigenvalue weighted by atomic mass is 35.5. The summed E-state index contributed by atoms with van der Waals surface area (Å²) in [5.41, 5.74) is 0.879. The third-order valence-electron chi connectivity index (χ3n) is 4.28. The summed E-state index contributed by atoms with van der Waals surface area (Å²) in [6.07, 6.45) is 5.23. The van der Waals surface area contributed by atoms with Gasteiger partial charge in [0.15, 0.2) is 0 Å². The molecule has 1 aromatic carbocycles. The fraction of sp³-hybridized carbons (Fsp3) is 0.562. The molecule has 1 N–H and O–H groups in total. The lowest BCUT2D eigenvalue weighted by molar-refractivity contribution is -0.268. The van der Waals surface area contributed by atoms with Gasteiger partial charge >= 0.3 is 12.6 Å². The first-order chi connectivity index (χ1) is 10.6. The molecule has 6 heteroatoms. The Hall–Kier alpha value is -1.46. The van der Waals surface area contributed by atoms with Gasteiger partial charge in [0.1, 0.15) is 5.75 Å². The number of rotatable bonds is 2. The highest BCUT2D eigenvalue weighted by molar-refractivity contribution is 6.30. The van der Waals surface area contributed by atoms with Crippen LogP contribution in [0.1, 0.15) is 50.2 Å². The zero-order valence-corrected chi connectivity index (χ0v) is 12.9. The monoisotopic (exact) mass is 326 g/mol. The summed E-state index contributed by atoms with van der Waals surface area (Å²) in [5.74, 6) is 0.902. The average Bonchev–Trinajstić information content (AvgIpc) is 2.75. The molecule has 3 rings (SSSR count). The summed E-state index contributed by atoms with van der Waals surface area (Å²) < 4.78 is 15.9. The van der Waals surface area contributed by atoms with Crippen molar-refractivity contribution in [3.8, 4) is 5.75 Å². The molecular weight excluding hydrogens is 308 g/mol. The summed E-state index contributed by atoms with van der Waals surface area (Å²) in [5, 5.41) is 9.41. The van der Waals surface area contributed by atoms with Crippen LogP contribution in [0.25, 0.3) is 0 Å². The lowest BCUT2D eigenvalue weighted by Crippen LogP contribution is -2.35. The van der Waals surface area contributed by atoms with Crippen molar-refractivity contribution in [3.63, 3.8) is 0 Å². The van der Waals surface area contributed by atoms with Gasteiger partial charge in [-0.2, -0.15) is 0 Å². The van der Waals surface area contributed by atoms with Crippen molar-refractivity contribution >= 4 is 17.8 Å². The second kappa shape index (κ2) is 6.75. The van der Waals surface area contributed by atoms with Crippen molar-refractivity contribution in [3.05, 3.63) is 28.8 Å². The molecule has 1 heterocycles. The highest BCUT2D eigenvalue weighted by Crippen LogP contribution is 2.44. The van der Waals surface area contributed by atoms with E-state index in [9.17, 15) is 4.79 Å². The number of hydrogen-bond donors (Lipinski definition) is 1. The van der Waals surface area contributed by atoms with Gasteiger partial charge in [-0.15, -0.1) is 0 Å². The summed E-state index contributed by atoms with van der Waals surface area (Å²) in [7, 11) is 0. The van der Waals surface area contributed by atoms with Crippen molar-refractivity contribution in [2.75, 3.05) is 0 Å². The van der Waals surface area contributed by atoms with Gasteiger partial charge < -0.3 is 19.3 Å². The first-order valence-corrected chi connectivity index (χ1v) is 8.02. The third-order valence-corrected chi connectivity index (χ3v) is 4.52. The fourth-order valence-corrected chi connectivity index (χ4v) is 3.47. The summed E-state index contributed by atoms with van der Waals surface area (Å²) in [6.45, 7) is -1.22. The van der Waals surface area contributed by atoms with E-state index in [2.05, 4.69) is 4.74 Å². The van der Waals surface area contributed by atoms with Gasteiger partial charge in [-0.05, 0) is 37.0 Å². The molecule has 0 saturated heterocycles. The van der Waals surface area contributed by atoms with Gasteiger partial charge in [0, 0.05) is 10.6 Å². The van der Waals surface area contributed by atoms with Gasteiger partial charge in [0.05, 0.1) is 6.10 Å². The van der Waals surface area contributed by atoms with Gasteiger partial charge in [-0.25, -0.2) is 4.79 Å². The van der Waals surface area contributed by atoms with Crippen molar-refractivity contribution in [1.82, 2.24) is 0 Å². The number of fused-ring (bicyclic) bond motifs is 1. The quantitative estimate of drug-likeness (QED) is 0.628. The molecule has 1 aliphatic heterocycles. The molecule has 0 radical (unpaired) electrons. The van der Waals surface area contributed by atoms with Crippen LogP contribution in [0, 0.1) is 5.92 Å². The molecule has 0 spiro atoms. The Labute approximate surface area is 134 Å². The van der Waals surface area contributed by atoms with Crippen LogP contribution in [0.5, 0.6) is 5.75 Å². The van der Waals surface area contributed by atoms with Crippen LogP contribution in [0.2, 0.25) is 5.02 Å². The standard InChI is InChI=1S/C16H19ClO5/c17-11-7-8-13-12(9-11)14(10-5-3-1-2-4-6-10)21-16(20-13)22-15(18)19/h7-10,14,16H,1-6H2,(H,18,19). The van der Waals surface area contributed by atoms with Gasteiger partial charge in [0.25, 0.3) is 0 Å². The van der Waals surface area contributed by atoms with Gasteiger partial charge in [-0.3, -0.25) is 0 Å². The molecule has 1 fully saturated rings. The van der Waals surface area contributed by atoms with Crippen LogP contribution in [0.4, 0.5) is 4.79 Å². The van der Waals surface area contributed by atoms with E-state index in [-0.39, 0.29) is 6.10 Å². The molecule has 1 aromatic rings. The molecule has 0 amide bonds. The molecule has 120 valence electrons. The largest absolute Gasteiger partial charge is 0.510 e. The van der Waals surface area contributed by atoms with Crippen LogP contribution < -0.4 is 4.74 Å². The zero-order chi connectivity index (χ0) is 15.5. The van der Waals surface area contributed by atoms with E-state index < -0.39 is 12.6 Å². The van der Waals surface area contributed by atoms with Crippen LogP contribution in [-0.2, 0) is 9.47 Å². The number of ether oxygens (including phenoxy) is 3. The Morgan fingerprint density at radius 2 is 1.95 bits per heavy atom.